The van der Waals surface area contributed by atoms with Gasteiger partial charge in [0.05, 0.1) is 4.92 Å². The number of non-ortho nitro benzene ring substituents is 1. The monoisotopic (exact) mass is 264 g/mol. The summed E-state index contributed by atoms with van der Waals surface area (Å²) in [5.74, 6) is 0.396. The van der Waals surface area contributed by atoms with Gasteiger partial charge >= 0.3 is 0 Å². The molecule has 0 aromatic heterocycles. The highest BCUT2D eigenvalue weighted by Gasteiger charge is 2.20. The number of rotatable bonds is 7. The third-order valence-corrected chi connectivity index (χ3v) is 3.62. The van der Waals surface area contributed by atoms with Crippen molar-refractivity contribution in [1.29, 1.82) is 0 Å². The number of nitro groups is 1. The van der Waals surface area contributed by atoms with Gasteiger partial charge in [0.1, 0.15) is 0 Å². The number of hydrogen-bond donors (Lipinski definition) is 1. The Morgan fingerprint density at radius 1 is 1.37 bits per heavy atom. The van der Waals surface area contributed by atoms with Crippen molar-refractivity contribution in [3.63, 3.8) is 0 Å². The van der Waals surface area contributed by atoms with Crippen LogP contribution in [-0.2, 0) is 0 Å². The van der Waals surface area contributed by atoms with E-state index in [9.17, 15) is 10.1 Å². The molecule has 4 heteroatoms. The van der Waals surface area contributed by atoms with E-state index in [1.165, 1.54) is 5.56 Å². The molecular weight excluding hydrogens is 240 g/mol. The summed E-state index contributed by atoms with van der Waals surface area (Å²) in [6.07, 6.45) is 2.14. The van der Waals surface area contributed by atoms with Crippen molar-refractivity contribution in [3.05, 3.63) is 39.4 Å². The van der Waals surface area contributed by atoms with E-state index in [1.807, 2.05) is 13.0 Å². The SMILES string of the molecule is CCCNC(C)C(CC)c1ccc([N+](=O)[O-])cc1C. The number of benzene rings is 1. The molecule has 1 rings (SSSR count). The molecule has 1 aromatic carbocycles. The number of nitrogens with one attached hydrogen (secondary N) is 1. The molecule has 1 N–H and O–H groups in total. The molecule has 0 fully saturated rings. The fourth-order valence-electron chi connectivity index (χ4n) is 2.55. The van der Waals surface area contributed by atoms with Gasteiger partial charge in [-0.25, -0.2) is 0 Å². The van der Waals surface area contributed by atoms with E-state index in [-0.39, 0.29) is 10.6 Å². The molecule has 2 unspecified atom stereocenters. The second-order valence-electron chi connectivity index (χ2n) is 5.06. The summed E-state index contributed by atoms with van der Waals surface area (Å²) in [5, 5.41) is 14.3. The van der Waals surface area contributed by atoms with Crippen molar-refractivity contribution in [2.24, 2.45) is 0 Å². The van der Waals surface area contributed by atoms with E-state index < -0.39 is 0 Å². The van der Waals surface area contributed by atoms with Crippen molar-refractivity contribution in [1.82, 2.24) is 5.32 Å². The average molecular weight is 264 g/mol. The first-order valence-corrected chi connectivity index (χ1v) is 6.99. The lowest BCUT2D eigenvalue weighted by Crippen LogP contribution is -2.32. The summed E-state index contributed by atoms with van der Waals surface area (Å²) < 4.78 is 0. The van der Waals surface area contributed by atoms with Gasteiger partial charge in [-0.3, -0.25) is 10.1 Å². The number of nitrogens with zero attached hydrogens (tertiary/aromatic N) is 1. The summed E-state index contributed by atoms with van der Waals surface area (Å²) in [6, 6.07) is 5.57. The van der Waals surface area contributed by atoms with Crippen LogP contribution in [0.2, 0.25) is 0 Å². The van der Waals surface area contributed by atoms with Crippen molar-refractivity contribution >= 4 is 5.69 Å². The van der Waals surface area contributed by atoms with Crippen LogP contribution in [0.5, 0.6) is 0 Å². The Hall–Kier alpha value is -1.42. The van der Waals surface area contributed by atoms with Crippen LogP contribution in [0.4, 0.5) is 5.69 Å². The zero-order valence-electron chi connectivity index (χ0n) is 12.3. The first-order chi connectivity index (χ1) is 9.01. The van der Waals surface area contributed by atoms with Gasteiger partial charge in [-0.15, -0.1) is 0 Å². The normalized spacial score (nSPS) is 14.1. The molecule has 2 atom stereocenters. The lowest BCUT2D eigenvalue weighted by Gasteiger charge is -2.25. The molecule has 0 radical (unpaired) electrons. The zero-order valence-corrected chi connectivity index (χ0v) is 12.3. The summed E-state index contributed by atoms with van der Waals surface area (Å²) in [5.41, 5.74) is 2.39. The topological polar surface area (TPSA) is 55.2 Å². The average Bonchev–Trinajstić information content (AvgIpc) is 2.38. The second kappa shape index (κ2) is 7.24. The van der Waals surface area contributed by atoms with Gasteiger partial charge in [-0.2, -0.15) is 0 Å². The van der Waals surface area contributed by atoms with Crippen LogP contribution < -0.4 is 5.32 Å². The van der Waals surface area contributed by atoms with Crippen molar-refractivity contribution in [2.45, 2.75) is 52.5 Å². The molecule has 0 spiro atoms. The fraction of sp³-hybridized carbons (Fsp3) is 0.600. The summed E-state index contributed by atoms with van der Waals surface area (Å²) in [6.45, 7) is 9.46. The molecular formula is C15H24N2O2. The van der Waals surface area contributed by atoms with Gasteiger partial charge in [-0.05, 0) is 50.3 Å². The molecule has 0 aliphatic heterocycles. The molecule has 0 saturated heterocycles. The Kier molecular flexibility index (Phi) is 5.96. The largest absolute Gasteiger partial charge is 0.314 e. The zero-order chi connectivity index (χ0) is 14.4. The number of hydrogen-bond acceptors (Lipinski definition) is 3. The second-order valence-corrected chi connectivity index (χ2v) is 5.06. The molecule has 4 nitrogen and oxygen atoms in total. The molecule has 0 aliphatic carbocycles. The highest BCUT2D eigenvalue weighted by atomic mass is 16.6. The highest BCUT2D eigenvalue weighted by molar-refractivity contribution is 5.41. The molecule has 19 heavy (non-hydrogen) atoms. The Morgan fingerprint density at radius 2 is 2.05 bits per heavy atom. The predicted octanol–water partition coefficient (Wildman–Crippen LogP) is 3.78. The minimum Gasteiger partial charge on any atom is -0.314 e. The first-order valence-electron chi connectivity index (χ1n) is 6.99. The van der Waals surface area contributed by atoms with Crippen molar-refractivity contribution in [2.75, 3.05) is 6.54 Å². The lowest BCUT2D eigenvalue weighted by atomic mass is 9.87. The highest BCUT2D eigenvalue weighted by Crippen LogP contribution is 2.28. The van der Waals surface area contributed by atoms with E-state index >= 15 is 0 Å². The van der Waals surface area contributed by atoms with Gasteiger partial charge in [-0.1, -0.05) is 19.9 Å². The third kappa shape index (κ3) is 4.03. The van der Waals surface area contributed by atoms with Gasteiger partial charge in [0.15, 0.2) is 0 Å². The first kappa shape index (κ1) is 15.6. The van der Waals surface area contributed by atoms with Gasteiger partial charge in [0.25, 0.3) is 5.69 Å². The Balaban J connectivity index is 2.95. The van der Waals surface area contributed by atoms with Gasteiger partial charge in [0, 0.05) is 18.2 Å². The van der Waals surface area contributed by atoms with Gasteiger partial charge in [0.2, 0.25) is 0 Å². The van der Waals surface area contributed by atoms with Crippen LogP contribution in [0.25, 0.3) is 0 Å². The van der Waals surface area contributed by atoms with Crippen LogP contribution in [0.1, 0.15) is 50.7 Å². The summed E-state index contributed by atoms with van der Waals surface area (Å²) in [4.78, 5) is 10.4. The molecule has 0 amide bonds. The van der Waals surface area contributed by atoms with Gasteiger partial charge < -0.3 is 5.32 Å². The Bertz CT molecular complexity index is 432. The maximum Gasteiger partial charge on any atom is 0.269 e. The summed E-state index contributed by atoms with van der Waals surface area (Å²) in [7, 11) is 0. The molecule has 0 aliphatic rings. The maximum atomic E-state index is 10.8. The predicted molar refractivity (Wildman–Crippen MR) is 78.6 cm³/mol. The molecule has 106 valence electrons. The fourth-order valence-corrected chi connectivity index (χ4v) is 2.55. The lowest BCUT2D eigenvalue weighted by molar-refractivity contribution is -0.384. The third-order valence-electron chi connectivity index (χ3n) is 3.62. The Morgan fingerprint density at radius 3 is 2.53 bits per heavy atom. The van der Waals surface area contributed by atoms with Crippen molar-refractivity contribution in [3.8, 4) is 0 Å². The molecule has 0 saturated carbocycles. The minimum atomic E-state index is -0.337. The standard InChI is InChI=1S/C15H24N2O2/c1-5-9-16-12(4)14(6-2)15-8-7-13(17(18)19)10-11(15)3/h7-8,10,12,14,16H,5-6,9H2,1-4H3. The van der Waals surface area contributed by atoms with Crippen LogP contribution >= 0.6 is 0 Å². The van der Waals surface area contributed by atoms with Crippen LogP contribution in [0.15, 0.2) is 18.2 Å². The number of nitro benzene ring substituents is 1. The van der Waals surface area contributed by atoms with E-state index in [0.717, 1.165) is 24.9 Å². The number of aryl methyl sites for hydroxylation is 1. The molecule has 0 bridgehead atoms. The van der Waals surface area contributed by atoms with Crippen molar-refractivity contribution < 1.29 is 4.92 Å². The van der Waals surface area contributed by atoms with E-state index in [4.69, 9.17) is 0 Å². The minimum absolute atomic E-state index is 0.172. The summed E-state index contributed by atoms with van der Waals surface area (Å²) >= 11 is 0. The van der Waals surface area contributed by atoms with E-state index in [1.54, 1.807) is 12.1 Å². The smallest absolute Gasteiger partial charge is 0.269 e. The maximum absolute atomic E-state index is 10.8. The van der Waals surface area contributed by atoms with Crippen LogP contribution in [0.3, 0.4) is 0 Å². The molecule has 1 aromatic rings. The quantitative estimate of drug-likeness (QED) is 0.602. The van der Waals surface area contributed by atoms with E-state index in [0.29, 0.717) is 12.0 Å². The molecule has 0 heterocycles. The Labute approximate surface area is 115 Å². The van der Waals surface area contributed by atoms with Crippen LogP contribution in [0, 0.1) is 17.0 Å². The van der Waals surface area contributed by atoms with Crippen LogP contribution in [-0.4, -0.2) is 17.5 Å². The van der Waals surface area contributed by atoms with E-state index in [2.05, 4.69) is 26.1 Å².